The van der Waals surface area contributed by atoms with Crippen molar-refractivity contribution in [3.8, 4) is 0 Å². The predicted octanol–water partition coefficient (Wildman–Crippen LogP) is 1.82. The van der Waals surface area contributed by atoms with E-state index in [1.54, 1.807) is 0 Å². The molecule has 0 aromatic rings. The van der Waals surface area contributed by atoms with Crippen LogP contribution in [0.15, 0.2) is 11.1 Å². The third-order valence-corrected chi connectivity index (χ3v) is 4.72. The van der Waals surface area contributed by atoms with Gasteiger partial charge in [0.1, 0.15) is 0 Å². The van der Waals surface area contributed by atoms with Gasteiger partial charge in [0.05, 0.1) is 6.10 Å². The van der Waals surface area contributed by atoms with Crippen molar-refractivity contribution in [1.82, 2.24) is 0 Å². The number of carbonyl (C=O) groups excluding carboxylic acids is 1. The second-order valence-electron chi connectivity index (χ2n) is 4.48. The third-order valence-electron chi connectivity index (χ3n) is 3.70. The fourth-order valence-corrected chi connectivity index (χ4v) is 3.37. The molecule has 0 heterocycles. The van der Waals surface area contributed by atoms with Gasteiger partial charge in [0, 0.05) is 11.6 Å². The summed E-state index contributed by atoms with van der Waals surface area (Å²) >= 11 is 0. The number of carbonyl (C=O) groups is 1. The summed E-state index contributed by atoms with van der Waals surface area (Å²) in [6.45, 7) is 1.91. The van der Waals surface area contributed by atoms with Crippen LogP contribution in [0.4, 0.5) is 0 Å². The molecule has 3 atom stereocenters. The number of hydrogen-bond donors (Lipinski definition) is 1. The molecule has 0 spiro atoms. The zero-order valence-electron chi connectivity index (χ0n) is 8.55. The number of hydrogen-bond acceptors (Lipinski definition) is 2. The van der Waals surface area contributed by atoms with Crippen molar-refractivity contribution in [1.29, 1.82) is 0 Å². The molecule has 2 nitrogen and oxygen atoms in total. The highest BCUT2D eigenvalue weighted by Crippen LogP contribution is 2.48. The number of aliphatic hydroxyl groups excluding tert-OH is 1. The summed E-state index contributed by atoms with van der Waals surface area (Å²) in [5, 5.41) is 9.82. The van der Waals surface area contributed by atoms with Gasteiger partial charge < -0.3 is 5.11 Å². The first-order chi connectivity index (χ1) is 6.55. The van der Waals surface area contributed by atoms with Crippen LogP contribution in [0.25, 0.3) is 0 Å². The lowest BCUT2D eigenvalue weighted by molar-refractivity contribution is -0.116. The van der Waals surface area contributed by atoms with Crippen LogP contribution in [-0.4, -0.2) is 22.1 Å². The van der Waals surface area contributed by atoms with Crippen LogP contribution in [0.3, 0.4) is 0 Å². The Bertz CT molecular complexity index is 308. The number of rotatable bonds is 0. The lowest BCUT2D eigenvalue weighted by Gasteiger charge is -2.44. The van der Waals surface area contributed by atoms with Gasteiger partial charge in [0.15, 0.2) is 5.78 Å². The molecule has 0 aliphatic heterocycles. The number of Topliss-reactive ketones (excluding diaryl/α,β-unsaturated/α-hetero) is 1. The van der Waals surface area contributed by atoms with Gasteiger partial charge in [-0.15, -0.1) is 9.24 Å². The highest BCUT2D eigenvalue weighted by atomic mass is 31.0. The van der Waals surface area contributed by atoms with Crippen LogP contribution < -0.4 is 0 Å². The zero-order chi connectivity index (χ0) is 10.3. The lowest BCUT2D eigenvalue weighted by atomic mass is 9.72. The minimum Gasteiger partial charge on any atom is -0.392 e. The van der Waals surface area contributed by atoms with E-state index in [4.69, 9.17) is 0 Å². The Morgan fingerprint density at radius 3 is 2.93 bits per heavy atom. The highest BCUT2D eigenvalue weighted by Gasteiger charge is 2.43. The van der Waals surface area contributed by atoms with Gasteiger partial charge in [-0.25, -0.2) is 0 Å². The fraction of sp³-hybridized carbons (Fsp3) is 0.727. The standard InChI is InChI=1S/C11H17O2P/c1-7-8-3-2-4-10(13)11(8,14)6-5-9(7)12/h10,13H,2-6,14H2,1H3/t10-,11+/m1/s1. The quantitative estimate of drug-likeness (QED) is 0.622. The lowest BCUT2D eigenvalue weighted by Crippen LogP contribution is -2.44. The first-order valence-electron chi connectivity index (χ1n) is 5.26. The molecular formula is C11H17O2P. The molecule has 1 unspecified atom stereocenters. The minimum absolute atomic E-state index is 0.184. The summed E-state index contributed by atoms with van der Waals surface area (Å²) in [5.74, 6) is 0.271. The number of ketones is 1. The normalized spacial score (nSPS) is 38.5. The molecule has 3 heteroatoms. The van der Waals surface area contributed by atoms with Gasteiger partial charge >= 0.3 is 0 Å². The van der Waals surface area contributed by atoms with Crippen LogP contribution >= 0.6 is 9.24 Å². The summed E-state index contributed by atoms with van der Waals surface area (Å²) in [5.41, 5.74) is 2.10. The van der Waals surface area contributed by atoms with Crippen LogP contribution in [0, 0.1) is 0 Å². The molecule has 0 aromatic heterocycles. The van der Waals surface area contributed by atoms with Gasteiger partial charge in [-0.2, -0.15) is 0 Å². The van der Waals surface area contributed by atoms with Crippen LogP contribution in [-0.2, 0) is 4.79 Å². The van der Waals surface area contributed by atoms with Gasteiger partial charge in [-0.1, -0.05) is 5.57 Å². The average molecular weight is 212 g/mol. The summed E-state index contributed by atoms with van der Waals surface area (Å²) in [6, 6.07) is 0. The SMILES string of the molecule is CC1=C2CCC[C@@H](O)[C@]2(P)CCC1=O. The molecular weight excluding hydrogens is 195 g/mol. The van der Waals surface area contributed by atoms with Crippen molar-refractivity contribution in [2.75, 3.05) is 0 Å². The van der Waals surface area contributed by atoms with E-state index >= 15 is 0 Å². The van der Waals surface area contributed by atoms with Crippen LogP contribution in [0.5, 0.6) is 0 Å². The van der Waals surface area contributed by atoms with Gasteiger partial charge in [-0.05, 0) is 38.2 Å². The van der Waals surface area contributed by atoms with Crippen molar-refractivity contribution >= 4 is 15.0 Å². The molecule has 0 radical (unpaired) electrons. The van der Waals surface area contributed by atoms with E-state index in [9.17, 15) is 9.90 Å². The molecule has 0 bridgehead atoms. The summed E-state index contributed by atoms with van der Waals surface area (Å²) in [6.07, 6.45) is 3.98. The van der Waals surface area contributed by atoms with Crippen molar-refractivity contribution in [3.05, 3.63) is 11.1 Å². The molecule has 1 N–H and O–H groups in total. The molecule has 14 heavy (non-hydrogen) atoms. The number of allylic oxidation sites excluding steroid dienone is 1. The molecule has 2 rings (SSSR count). The Kier molecular flexibility index (Phi) is 2.53. The Hall–Kier alpha value is -0.200. The fourth-order valence-electron chi connectivity index (χ4n) is 2.69. The van der Waals surface area contributed by atoms with E-state index in [2.05, 4.69) is 9.24 Å². The molecule has 2 aliphatic rings. The first kappa shape index (κ1) is 10.3. The van der Waals surface area contributed by atoms with Crippen molar-refractivity contribution < 1.29 is 9.90 Å². The summed E-state index contributed by atoms with van der Waals surface area (Å²) in [7, 11) is 2.79. The Morgan fingerprint density at radius 1 is 1.50 bits per heavy atom. The second kappa shape index (κ2) is 3.43. The van der Waals surface area contributed by atoms with Gasteiger partial charge in [0.25, 0.3) is 0 Å². The van der Waals surface area contributed by atoms with Crippen molar-refractivity contribution in [2.24, 2.45) is 0 Å². The smallest absolute Gasteiger partial charge is 0.158 e. The monoisotopic (exact) mass is 212 g/mol. The highest BCUT2D eigenvalue weighted by molar-refractivity contribution is 7.19. The van der Waals surface area contributed by atoms with E-state index in [-0.39, 0.29) is 17.0 Å². The topological polar surface area (TPSA) is 37.3 Å². The van der Waals surface area contributed by atoms with E-state index < -0.39 is 0 Å². The van der Waals surface area contributed by atoms with Crippen LogP contribution in [0.2, 0.25) is 0 Å². The van der Waals surface area contributed by atoms with Crippen molar-refractivity contribution in [3.63, 3.8) is 0 Å². The number of aliphatic hydroxyl groups is 1. The maximum absolute atomic E-state index is 11.5. The maximum Gasteiger partial charge on any atom is 0.158 e. The zero-order valence-corrected chi connectivity index (χ0v) is 9.70. The van der Waals surface area contributed by atoms with Gasteiger partial charge in [0.2, 0.25) is 0 Å². The van der Waals surface area contributed by atoms with E-state index in [1.807, 2.05) is 6.92 Å². The molecule has 78 valence electrons. The van der Waals surface area contributed by atoms with E-state index in [0.29, 0.717) is 6.42 Å². The molecule has 2 aliphatic carbocycles. The summed E-state index contributed by atoms with van der Waals surface area (Å²) < 4.78 is 0. The molecule has 0 aromatic carbocycles. The Balaban J connectivity index is 2.45. The number of fused-ring (bicyclic) bond motifs is 1. The average Bonchev–Trinajstić information content (AvgIpc) is 2.16. The summed E-state index contributed by atoms with van der Waals surface area (Å²) in [4.78, 5) is 11.5. The Labute approximate surface area is 87.0 Å². The second-order valence-corrected chi connectivity index (χ2v) is 5.51. The predicted molar refractivity (Wildman–Crippen MR) is 59.2 cm³/mol. The Morgan fingerprint density at radius 2 is 2.21 bits per heavy atom. The molecule has 0 saturated heterocycles. The third kappa shape index (κ3) is 1.36. The maximum atomic E-state index is 11.5. The largest absolute Gasteiger partial charge is 0.392 e. The molecule has 0 amide bonds. The van der Waals surface area contributed by atoms with Gasteiger partial charge in [-0.3, -0.25) is 4.79 Å². The molecule has 1 fully saturated rings. The van der Waals surface area contributed by atoms with E-state index in [1.165, 1.54) is 5.57 Å². The minimum atomic E-state index is -0.278. The van der Waals surface area contributed by atoms with Crippen molar-refractivity contribution in [2.45, 2.75) is 50.3 Å². The molecule has 1 saturated carbocycles. The van der Waals surface area contributed by atoms with E-state index in [0.717, 1.165) is 31.3 Å². The van der Waals surface area contributed by atoms with Crippen LogP contribution in [0.1, 0.15) is 39.0 Å². The first-order valence-corrected chi connectivity index (χ1v) is 5.84.